The van der Waals surface area contributed by atoms with Crippen molar-refractivity contribution in [3.05, 3.63) is 0 Å². The Labute approximate surface area is 65.9 Å². The van der Waals surface area contributed by atoms with Crippen molar-refractivity contribution in [3.8, 4) is 0 Å². The predicted octanol–water partition coefficient (Wildman–Crippen LogP) is 1.38. The van der Waals surface area contributed by atoms with Gasteiger partial charge in [-0.1, -0.05) is 11.6 Å². The lowest BCUT2D eigenvalue weighted by molar-refractivity contribution is -0.203. The molecule has 0 spiro atoms. The Morgan fingerprint density at radius 1 is 1.40 bits per heavy atom. The molecule has 0 amide bonds. The lowest BCUT2D eigenvalue weighted by Gasteiger charge is -2.16. The third kappa shape index (κ3) is 4.99. The summed E-state index contributed by atoms with van der Waals surface area (Å²) in [5, 5.41) is 8.98. The smallest absolute Gasteiger partial charge is 0.302 e. The monoisotopic (exact) mass is 167 g/mol. The van der Waals surface area contributed by atoms with Crippen molar-refractivity contribution in [2.24, 2.45) is 0 Å². The average Bonchev–Trinajstić information content (AvgIpc) is 1.84. The van der Waals surface area contributed by atoms with Gasteiger partial charge in [-0.2, -0.15) is 5.11 Å². The molecular formula is C6H12ClO3. The molecular weight excluding hydrogens is 156 g/mol. The average molecular weight is 168 g/mol. The van der Waals surface area contributed by atoms with Gasteiger partial charge >= 0.3 is 5.25 Å². The highest BCUT2D eigenvalue weighted by atomic mass is 35.5. The van der Waals surface area contributed by atoms with E-state index in [-0.39, 0.29) is 6.61 Å². The van der Waals surface area contributed by atoms with Gasteiger partial charge in [0, 0.05) is 13.2 Å². The van der Waals surface area contributed by atoms with Gasteiger partial charge in [-0.05, 0) is 13.8 Å². The van der Waals surface area contributed by atoms with Gasteiger partial charge in [0.1, 0.15) is 6.61 Å². The highest BCUT2D eigenvalue weighted by Gasteiger charge is 2.25. The van der Waals surface area contributed by atoms with Crippen LogP contribution in [0.5, 0.6) is 0 Å². The second kappa shape index (κ2) is 4.91. The molecule has 10 heavy (non-hydrogen) atoms. The highest BCUT2D eigenvalue weighted by molar-refractivity contribution is 6.21. The quantitative estimate of drug-likeness (QED) is 0.459. The van der Waals surface area contributed by atoms with E-state index in [1.807, 2.05) is 0 Å². The molecule has 0 heterocycles. The summed E-state index contributed by atoms with van der Waals surface area (Å²) < 4.78 is 9.40. The molecule has 0 aliphatic rings. The summed E-state index contributed by atoms with van der Waals surface area (Å²) in [6.07, 6.45) is 0. The highest BCUT2D eigenvalue weighted by Crippen LogP contribution is 2.13. The van der Waals surface area contributed by atoms with E-state index in [0.29, 0.717) is 13.2 Å². The summed E-state index contributed by atoms with van der Waals surface area (Å²) in [6, 6.07) is 0. The summed E-state index contributed by atoms with van der Waals surface area (Å²) in [5.74, 6) is 0. The first-order chi connectivity index (χ1) is 4.62. The Morgan fingerprint density at radius 2 is 2.00 bits per heavy atom. The molecule has 0 aromatic carbocycles. The molecule has 0 N–H and O–H groups in total. The van der Waals surface area contributed by atoms with Crippen LogP contribution in [0, 0.1) is 0 Å². The lowest BCUT2D eigenvalue weighted by Crippen LogP contribution is -2.29. The van der Waals surface area contributed by atoms with Crippen molar-refractivity contribution in [3.63, 3.8) is 0 Å². The maximum absolute atomic E-state index is 10.9. The fraction of sp³-hybridized carbons (Fsp3) is 1.00. The summed E-state index contributed by atoms with van der Waals surface area (Å²) in [6.45, 7) is 4.17. The van der Waals surface area contributed by atoms with Gasteiger partial charge in [-0.15, -0.1) is 0 Å². The number of rotatable bonds is 5. The molecule has 0 rings (SSSR count). The van der Waals surface area contributed by atoms with Crippen LogP contribution in [0.1, 0.15) is 13.8 Å². The molecule has 3 nitrogen and oxygen atoms in total. The molecule has 1 radical (unpaired) electrons. The Morgan fingerprint density at radius 3 is 2.40 bits per heavy atom. The van der Waals surface area contributed by atoms with E-state index in [9.17, 15) is 5.11 Å². The summed E-state index contributed by atoms with van der Waals surface area (Å²) in [5.41, 5.74) is 0. The van der Waals surface area contributed by atoms with Crippen LogP contribution in [0.25, 0.3) is 0 Å². The van der Waals surface area contributed by atoms with Crippen molar-refractivity contribution >= 4 is 11.6 Å². The minimum absolute atomic E-state index is 0.112. The Kier molecular flexibility index (Phi) is 4.99. The first kappa shape index (κ1) is 10.2. The van der Waals surface area contributed by atoms with Gasteiger partial charge in [-0.3, -0.25) is 0 Å². The normalized spacial score (nSPS) is 16.8. The predicted molar refractivity (Wildman–Crippen MR) is 37.4 cm³/mol. The van der Waals surface area contributed by atoms with E-state index in [1.54, 1.807) is 13.8 Å². The Balaban J connectivity index is 3.42. The van der Waals surface area contributed by atoms with E-state index in [4.69, 9.17) is 16.3 Å². The third-order valence-corrected chi connectivity index (χ3v) is 1.06. The van der Waals surface area contributed by atoms with E-state index in [0.717, 1.165) is 0 Å². The summed E-state index contributed by atoms with van der Waals surface area (Å²) in [7, 11) is 0. The van der Waals surface area contributed by atoms with Crippen molar-refractivity contribution in [1.29, 1.82) is 0 Å². The van der Waals surface area contributed by atoms with Gasteiger partial charge in [0.15, 0.2) is 0 Å². The zero-order valence-corrected chi connectivity index (χ0v) is 6.98. The fourth-order valence-electron chi connectivity index (χ4n) is 0.481. The van der Waals surface area contributed by atoms with Gasteiger partial charge in [0.05, 0.1) is 0 Å². The fourth-order valence-corrected chi connectivity index (χ4v) is 0.667. The minimum atomic E-state index is -1.90. The zero-order chi connectivity index (χ0) is 8.04. The van der Waals surface area contributed by atoms with Crippen LogP contribution >= 0.6 is 11.6 Å². The van der Waals surface area contributed by atoms with Gasteiger partial charge in [-0.25, -0.2) is 0 Å². The van der Waals surface area contributed by atoms with Crippen LogP contribution in [-0.2, 0) is 14.6 Å². The van der Waals surface area contributed by atoms with Crippen molar-refractivity contribution in [1.82, 2.24) is 0 Å². The van der Waals surface area contributed by atoms with Crippen molar-refractivity contribution in [2.45, 2.75) is 19.1 Å². The van der Waals surface area contributed by atoms with Crippen molar-refractivity contribution < 1.29 is 14.6 Å². The first-order valence-corrected chi connectivity index (χ1v) is 3.61. The maximum atomic E-state index is 10.9. The summed E-state index contributed by atoms with van der Waals surface area (Å²) in [4.78, 5) is 0. The topological polar surface area (TPSA) is 38.4 Å². The number of alkyl halides is 1. The molecule has 0 saturated carbocycles. The van der Waals surface area contributed by atoms with Crippen LogP contribution in [0.4, 0.5) is 0 Å². The zero-order valence-electron chi connectivity index (χ0n) is 6.22. The first-order valence-electron chi connectivity index (χ1n) is 3.23. The van der Waals surface area contributed by atoms with E-state index >= 15 is 0 Å². The lowest BCUT2D eigenvalue weighted by atomic mass is 10.6. The minimum Gasteiger partial charge on any atom is -0.375 e. The Bertz CT molecular complexity index is 85.1. The maximum Gasteiger partial charge on any atom is 0.302 e. The molecule has 0 bridgehead atoms. The van der Waals surface area contributed by atoms with Crippen LogP contribution < -0.4 is 0 Å². The van der Waals surface area contributed by atoms with Crippen LogP contribution in [0.15, 0.2) is 0 Å². The molecule has 1 atom stereocenters. The molecule has 0 aliphatic heterocycles. The van der Waals surface area contributed by atoms with Gasteiger partial charge < -0.3 is 9.47 Å². The summed E-state index contributed by atoms with van der Waals surface area (Å²) >= 11 is 5.31. The standard InChI is InChI=1S/C6H12ClO3/c1-3-9-5-6(7,8)10-4-2/h3-5H2,1-2H3. The number of halogens is 1. The molecule has 61 valence electrons. The molecule has 0 aromatic heterocycles. The van der Waals surface area contributed by atoms with E-state index in [2.05, 4.69) is 4.74 Å². The third-order valence-electron chi connectivity index (χ3n) is 0.838. The van der Waals surface area contributed by atoms with E-state index < -0.39 is 5.25 Å². The van der Waals surface area contributed by atoms with Crippen molar-refractivity contribution in [2.75, 3.05) is 19.8 Å². The Hall–Kier alpha value is 0.170. The largest absolute Gasteiger partial charge is 0.375 e. The van der Waals surface area contributed by atoms with Gasteiger partial charge in [0.2, 0.25) is 0 Å². The SMILES string of the molecule is CCOCC([O])(Cl)OCC. The second-order valence-electron chi connectivity index (χ2n) is 1.73. The van der Waals surface area contributed by atoms with E-state index in [1.165, 1.54) is 0 Å². The number of hydrogen-bond donors (Lipinski definition) is 0. The molecule has 1 unspecified atom stereocenters. The number of ether oxygens (including phenoxy) is 2. The molecule has 0 fully saturated rings. The van der Waals surface area contributed by atoms with Crippen LogP contribution in [0.3, 0.4) is 0 Å². The molecule has 4 heteroatoms. The van der Waals surface area contributed by atoms with Gasteiger partial charge in [0.25, 0.3) is 0 Å². The molecule has 0 aromatic rings. The molecule has 0 aliphatic carbocycles. The van der Waals surface area contributed by atoms with Crippen LogP contribution in [0.2, 0.25) is 0 Å². The molecule has 0 saturated heterocycles. The number of hydrogen-bond acceptors (Lipinski definition) is 2. The van der Waals surface area contributed by atoms with Crippen LogP contribution in [-0.4, -0.2) is 25.1 Å². The second-order valence-corrected chi connectivity index (χ2v) is 2.31.